The van der Waals surface area contributed by atoms with Gasteiger partial charge in [-0.05, 0) is 11.1 Å². The minimum Gasteiger partial charge on any atom is -0.369 e. The Morgan fingerprint density at radius 3 is 1.71 bits per heavy atom. The van der Waals surface area contributed by atoms with Crippen LogP contribution in [0.15, 0.2) is 60.7 Å². The zero-order chi connectivity index (χ0) is 15.3. The zero-order valence-electron chi connectivity index (χ0n) is 12.6. The van der Waals surface area contributed by atoms with Crippen molar-refractivity contribution < 1.29 is 4.79 Å². The first-order valence-corrected chi connectivity index (χ1v) is 7.13. The Kier molecular flexibility index (Phi) is 4.76. The smallest absolute Gasteiger partial charge is 0.232 e. The van der Waals surface area contributed by atoms with Gasteiger partial charge < -0.3 is 5.73 Å². The van der Waals surface area contributed by atoms with Crippen molar-refractivity contribution in [2.75, 3.05) is 20.6 Å². The Balaban J connectivity index is 2.58. The second-order valence-corrected chi connectivity index (χ2v) is 5.55. The molecule has 2 aromatic rings. The number of nitrogens with two attached hydrogens (primary N) is 1. The van der Waals surface area contributed by atoms with Gasteiger partial charge in [-0.25, -0.2) is 0 Å². The average Bonchev–Trinajstić information content (AvgIpc) is 2.49. The quantitative estimate of drug-likeness (QED) is 0.812. The molecule has 1 amide bonds. The number of nitrogens with zero attached hydrogens (tertiary/aromatic N) is 1. The molecule has 0 fully saturated rings. The Hall–Kier alpha value is -2.13. The maximum Gasteiger partial charge on any atom is 0.232 e. The van der Waals surface area contributed by atoms with E-state index in [4.69, 9.17) is 5.73 Å². The van der Waals surface area contributed by atoms with E-state index in [1.165, 1.54) is 0 Å². The lowest BCUT2D eigenvalue weighted by atomic mass is 9.71. The number of carbonyl (C=O) groups excluding carboxylic acids is 1. The SMILES string of the molecule is C[N+](C)CCC(C(N)=O)(c1ccccc1)c1ccccc1. The van der Waals surface area contributed by atoms with Crippen molar-refractivity contribution in [1.29, 1.82) is 0 Å². The van der Waals surface area contributed by atoms with Gasteiger partial charge in [0.1, 0.15) is 26.1 Å². The number of rotatable bonds is 6. The standard InChI is InChI=1S/C18H22N2O/c1-20(2)14-13-18(17(19)21,15-9-5-3-6-10-15)16-11-7-4-8-12-16/h3-12H,13-14H2,1-2H3,(H2,19,21)/q+1. The van der Waals surface area contributed by atoms with Crippen LogP contribution in [0.4, 0.5) is 0 Å². The molecule has 1 radical (unpaired) electrons. The molecule has 2 rings (SSSR count). The number of carbonyl (C=O) groups is 1. The number of hydrogen-bond acceptors (Lipinski definition) is 2. The molecule has 0 aliphatic rings. The predicted octanol–water partition coefficient (Wildman–Crippen LogP) is 2.25. The topological polar surface area (TPSA) is 49.0 Å². The molecule has 0 heterocycles. The van der Waals surface area contributed by atoms with Crippen LogP contribution in [0.5, 0.6) is 0 Å². The summed E-state index contributed by atoms with van der Waals surface area (Å²) in [7, 11) is 4.00. The van der Waals surface area contributed by atoms with Crippen LogP contribution in [0.1, 0.15) is 17.5 Å². The van der Waals surface area contributed by atoms with Crippen LogP contribution in [0, 0.1) is 0 Å². The second kappa shape index (κ2) is 6.55. The van der Waals surface area contributed by atoms with E-state index in [-0.39, 0.29) is 5.91 Å². The van der Waals surface area contributed by atoms with Crippen molar-refractivity contribution in [2.24, 2.45) is 5.73 Å². The Bertz CT molecular complexity index is 539. The molecule has 0 atom stereocenters. The van der Waals surface area contributed by atoms with Crippen LogP contribution < -0.4 is 10.6 Å². The zero-order valence-corrected chi connectivity index (χ0v) is 12.6. The first-order valence-electron chi connectivity index (χ1n) is 7.13. The van der Waals surface area contributed by atoms with Crippen molar-refractivity contribution in [3.05, 3.63) is 71.8 Å². The van der Waals surface area contributed by atoms with Crippen molar-refractivity contribution in [2.45, 2.75) is 11.8 Å². The molecular formula is C18H22N2O+. The monoisotopic (exact) mass is 282 g/mol. The third kappa shape index (κ3) is 3.14. The first-order chi connectivity index (χ1) is 10.1. The van der Waals surface area contributed by atoms with Crippen LogP contribution in [0.3, 0.4) is 0 Å². The van der Waals surface area contributed by atoms with E-state index in [1.54, 1.807) is 0 Å². The average molecular weight is 282 g/mol. The Morgan fingerprint density at radius 2 is 1.38 bits per heavy atom. The summed E-state index contributed by atoms with van der Waals surface area (Å²) in [6, 6.07) is 19.6. The maximum atomic E-state index is 12.4. The molecule has 0 saturated heterocycles. The minimum atomic E-state index is -0.785. The molecule has 0 saturated carbocycles. The second-order valence-electron chi connectivity index (χ2n) is 5.55. The van der Waals surface area contributed by atoms with Crippen molar-refractivity contribution in [3.8, 4) is 0 Å². The molecule has 0 spiro atoms. The third-order valence-electron chi connectivity index (χ3n) is 3.89. The summed E-state index contributed by atoms with van der Waals surface area (Å²) < 4.78 is 0. The molecule has 0 aliphatic heterocycles. The summed E-state index contributed by atoms with van der Waals surface area (Å²) in [5.74, 6) is -0.304. The number of primary amides is 1. The van der Waals surface area contributed by atoms with E-state index in [1.807, 2.05) is 74.8 Å². The van der Waals surface area contributed by atoms with Gasteiger partial charge in [0.15, 0.2) is 0 Å². The van der Waals surface area contributed by atoms with Gasteiger partial charge in [-0.1, -0.05) is 60.7 Å². The van der Waals surface area contributed by atoms with Gasteiger partial charge in [0.05, 0.1) is 0 Å². The van der Waals surface area contributed by atoms with E-state index in [0.717, 1.165) is 17.7 Å². The molecule has 0 unspecified atom stereocenters. The van der Waals surface area contributed by atoms with Crippen molar-refractivity contribution in [1.82, 2.24) is 4.90 Å². The molecule has 3 nitrogen and oxygen atoms in total. The summed E-state index contributed by atoms with van der Waals surface area (Å²) in [4.78, 5) is 14.5. The highest BCUT2D eigenvalue weighted by Gasteiger charge is 2.41. The summed E-state index contributed by atoms with van der Waals surface area (Å²) in [6.45, 7) is 0.784. The molecule has 0 bridgehead atoms. The fraction of sp³-hybridized carbons (Fsp3) is 0.278. The van der Waals surface area contributed by atoms with Gasteiger partial charge in [0, 0.05) is 6.42 Å². The lowest BCUT2D eigenvalue weighted by molar-refractivity contribution is -0.122. The Morgan fingerprint density at radius 1 is 0.952 bits per heavy atom. The van der Waals surface area contributed by atoms with Crippen LogP contribution in [-0.4, -0.2) is 26.5 Å². The fourth-order valence-corrected chi connectivity index (χ4v) is 2.70. The lowest BCUT2D eigenvalue weighted by Gasteiger charge is -2.31. The summed E-state index contributed by atoms with van der Waals surface area (Å²) in [6.07, 6.45) is 0.656. The molecule has 0 aromatic heterocycles. The summed E-state index contributed by atoms with van der Waals surface area (Å²) in [5, 5.41) is 0. The first kappa shape index (κ1) is 15.3. The summed E-state index contributed by atoms with van der Waals surface area (Å²) in [5.41, 5.74) is 6.98. The molecule has 3 heteroatoms. The van der Waals surface area contributed by atoms with Gasteiger partial charge in [0.2, 0.25) is 5.91 Å². The number of hydrogen-bond donors (Lipinski definition) is 1. The predicted molar refractivity (Wildman–Crippen MR) is 86.3 cm³/mol. The molecule has 2 aromatic carbocycles. The van der Waals surface area contributed by atoms with Gasteiger partial charge >= 0.3 is 0 Å². The highest BCUT2D eigenvalue weighted by molar-refractivity contribution is 5.90. The van der Waals surface area contributed by atoms with E-state index < -0.39 is 5.41 Å². The van der Waals surface area contributed by atoms with Gasteiger partial charge in [-0.15, -0.1) is 0 Å². The minimum absolute atomic E-state index is 0.304. The molecular weight excluding hydrogens is 260 g/mol. The lowest BCUT2D eigenvalue weighted by Crippen LogP contribution is -2.44. The van der Waals surface area contributed by atoms with Crippen molar-refractivity contribution >= 4 is 5.91 Å². The molecule has 21 heavy (non-hydrogen) atoms. The van der Waals surface area contributed by atoms with Crippen LogP contribution >= 0.6 is 0 Å². The molecule has 2 N–H and O–H groups in total. The number of amides is 1. The Labute approximate surface area is 126 Å². The highest BCUT2D eigenvalue weighted by Crippen LogP contribution is 2.35. The molecule has 109 valence electrons. The van der Waals surface area contributed by atoms with E-state index in [9.17, 15) is 4.79 Å². The van der Waals surface area contributed by atoms with E-state index >= 15 is 0 Å². The van der Waals surface area contributed by atoms with E-state index in [0.29, 0.717) is 6.42 Å². The van der Waals surface area contributed by atoms with Gasteiger partial charge in [0.25, 0.3) is 0 Å². The fourth-order valence-electron chi connectivity index (χ4n) is 2.70. The molecule has 0 aliphatic carbocycles. The van der Waals surface area contributed by atoms with Gasteiger partial charge in [-0.2, -0.15) is 4.90 Å². The normalized spacial score (nSPS) is 11.6. The maximum absolute atomic E-state index is 12.4. The van der Waals surface area contributed by atoms with E-state index in [2.05, 4.69) is 4.90 Å². The third-order valence-corrected chi connectivity index (χ3v) is 3.89. The largest absolute Gasteiger partial charge is 0.369 e. The van der Waals surface area contributed by atoms with Gasteiger partial charge in [-0.3, -0.25) is 4.79 Å². The van der Waals surface area contributed by atoms with Crippen LogP contribution in [0.25, 0.3) is 0 Å². The highest BCUT2D eigenvalue weighted by atomic mass is 16.1. The number of benzene rings is 2. The van der Waals surface area contributed by atoms with Crippen LogP contribution in [-0.2, 0) is 10.2 Å². The summed E-state index contributed by atoms with van der Waals surface area (Å²) >= 11 is 0. The van der Waals surface area contributed by atoms with Crippen molar-refractivity contribution in [3.63, 3.8) is 0 Å². The van der Waals surface area contributed by atoms with Crippen LogP contribution in [0.2, 0.25) is 0 Å².